The highest BCUT2D eigenvalue weighted by Crippen LogP contribution is 2.33. The number of esters is 3. The van der Waals surface area contributed by atoms with Crippen molar-refractivity contribution in [3.05, 3.63) is 50.8 Å². The van der Waals surface area contributed by atoms with E-state index in [9.17, 15) is 19.2 Å². The van der Waals surface area contributed by atoms with Crippen molar-refractivity contribution in [2.24, 2.45) is 5.92 Å². The van der Waals surface area contributed by atoms with E-state index >= 15 is 0 Å². The van der Waals surface area contributed by atoms with Crippen LogP contribution in [0.4, 0.5) is 5.69 Å². The van der Waals surface area contributed by atoms with Crippen molar-refractivity contribution in [2.45, 2.75) is 27.7 Å². The first-order chi connectivity index (χ1) is 15.6. The molecule has 11 heteroatoms. The molecule has 0 spiro atoms. The van der Waals surface area contributed by atoms with Crippen LogP contribution in [0.1, 0.15) is 27.7 Å². The molecule has 1 aliphatic rings. The monoisotopic (exact) mass is 498 g/mol. The maximum absolute atomic E-state index is 13.0. The van der Waals surface area contributed by atoms with Crippen LogP contribution in [0.2, 0.25) is 10.0 Å². The van der Waals surface area contributed by atoms with Crippen LogP contribution < -0.4 is 10.6 Å². The maximum atomic E-state index is 13.0. The Kier molecular flexibility index (Phi) is 9.31. The van der Waals surface area contributed by atoms with Crippen molar-refractivity contribution >= 4 is 52.7 Å². The SMILES string of the molecule is CCOC(=O)C1=C(C)NC(C)=C(C(=O)OCC)C1C(=O)OCC(=O)Nc1cccc(Cl)c1Cl. The van der Waals surface area contributed by atoms with E-state index in [0.717, 1.165) is 0 Å². The van der Waals surface area contributed by atoms with Crippen LogP contribution in [0.15, 0.2) is 40.7 Å². The van der Waals surface area contributed by atoms with Gasteiger partial charge in [-0.05, 0) is 39.8 Å². The number of nitrogens with one attached hydrogen (secondary N) is 2. The van der Waals surface area contributed by atoms with E-state index in [0.29, 0.717) is 11.4 Å². The number of rotatable bonds is 8. The van der Waals surface area contributed by atoms with Crippen LogP contribution in [0.5, 0.6) is 0 Å². The molecule has 0 unspecified atom stereocenters. The molecular formula is C22H24Cl2N2O7. The second-order valence-electron chi connectivity index (χ2n) is 6.83. The third-order valence-corrected chi connectivity index (χ3v) is 5.38. The number of anilines is 1. The van der Waals surface area contributed by atoms with Gasteiger partial charge in [0.1, 0.15) is 5.92 Å². The van der Waals surface area contributed by atoms with E-state index in [4.69, 9.17) is 37.4 Å². The number of ether oxygens (including phenoxy) is 3. The Hall–Kier alpha value is -3.04. The molecule has 0 atom stereocenters. The molecule has 2 N–H and O–H groups in total. The molecule has 33 heavy (non-hydrogen) atoms. The normalized spacial score (nSPS) is 13.9. The fourth-order valence-corrected chi connectivity index (χ4v) is 3.54. The Labute approximate surface area is 201 Å². The summed E-state index contributed by atoms with van der Waals surface area (Å²) in [6, 6.07) is 4.66. The summed E-state index contributed by atoms with van der Waals surface area (Å²) in [5.41, 5.74) is 0.660. The predicted octanol–water partition coefficient (Wildman–Crippen LogP) is 3.37. The Bertz CT molecular complexity index is 994. The third-order valence-electron chi connectivity index (χ3n) is 4.56. The molecule has 1 aromatic carbocycles. The van der Waals surface area contributed by atoms with Crippen LogP contribution in [-0.4, -0.2) is 43.6 Å². The highest BCUT2D eigenvalue weighted by molar-refractivity contribution is 6.44. The van der Waals surface area contributed by atoms with Crippen LogP contribution in [0, 0.1) is 5.92 Å². The van der Waals surface area contributed by atoms with Gasteiger partial charge in [-0.2, -0.15) is 0 Å². The van der Waals surface area contributed by atoms with Crippen molar-refractivity contribution in [3.8, 4) is 0 Å². The maximum Gasteiger partial charge on any atom is 0.337 e. The quantitative estimate of drug-likeness (QED) is 0.413. The number of hydrogen-bond acceptors (Lipinski definition) is 8. The molecule has 1 heterocycles. The average Bonchev–Trinajstić information content (AvgIpc) is 2.75. The van der Waals surface area contributed by atoms with Gasteiger partial charge >= 0.3 is 17.9 Å². The zero-order chi connectivity index (χ0) is 24.7. The fourth-order valence-electron chi connectivity index (χ4n) is 3.20. The van der Waals surface area contributed by atoms with Gasteiger partial charge in [-0.3, -0.25) is 9.59 Å². The lowest BCUT2D eigenvalue weighted by Gasteiger charge is -2.28. The van der Waals surface area contributed by atoms with E-state index in [-0.39, 0.29) is 40.1 Å². The van der Waals surface area contributed by atoms with Crippen LogP contribution in [0.3, 0.4) is 0 Å². The topological polar surface area (TPSA) is 120 Å². The molecule has 0 fully saturated rings. The Morgan fingerprint density at radius 1 is 0.939 bits per heavy atom. The van der Waals surface area contributed by atoms with E-state index in [1.54, 1.807) is 39.8 Å². The fraction of sp³-hybridized carbons (Fsp3) is 0.364. The molecule has 1 aromatic rings. The summed E-state index contributed by atoms with van der Waals surface area (Å²) in [5, 5.41) is 5.74. The van der Waals surface area contributed by atoms with Gasteiger partial charge in [0.25, 0.3) is 5.91 Å². The molecule has 0 saturated carbocycles. The minimum atomic E-state index is -1.44. The standard InChI is InChI=1S/C22H24Cl2N2O7/c1-5-31-20(28)16-11(3)25-12(4)17(21(29)32-6-2)18(16)22(30)33-10-15(27)26-14-9-7-8-13(23)19(14)24/h7-9,18,25H,5-6,10H2,1-4H3,(H,26,27). The average molecular weight is 499 g/mol. The zero-order valence-electron chi connectivity index (χ0n) is 18.5. The van der Waals surface area contributed by atoms with Gasteiger partial charge in [0.15, 0.2) is 6.61 Å². The molecule has 178 valence electrons. The van der Waals surface area contributed by atoms with Crippen molar-refractivity contribution in [1.82, 2.24) is 5.32 Å². The van der Waals surface area contributed by atoms with Crippen LogP contribution in [0.25, 0.3) is 0 Å². The van der Waals surface area contributed by atoms with Crippen molar-refractivity contribution < 1.29 is 33.4 Å². The van der Waals surface area contributed by atoms with Crippen molar-refractivity contribution in [1.29, 1.82) is 0 Å². The zero-order valence-corrected chi connectivity index (χ0v) is 20.1. The highest BCUT2D eigenvalue weighted by Gasteiger charge is 2.42. The van der Waals surface area contributed by atoms with E-state index in [1.165, 1.54) is 6.07 Å². The van der Waals surface area contributed by atoms with Crippen LogP contribution >= 0.6 is 23.2 Å². The third kappa shape index (κ3) is 6.27. The lowest BCUT2D eigenvalue weighted by atomic mass is 9.85. The minimum absolute atomic E-state index is 0.0532. The van der Waals surface area contributed by atoms with E-state index < -0.39 is 36.3 Å². The van der Waals surface area contributed by atoms with Gasteiger partial charge in [0.05, 0.1) is 40.1 Å². The number of carbonyl (C=O) groups excluding carboxylic acids is 4. The second-order valence-corrected chi connectivity index (χ2v) is 7.62. The number of hydrogen-bond donors (Lipinski definition) is 2. The summed E-state index contributed by atoms with van der Waals surface area (Å²) in [4.78, 5) is 50.6. The molecule has 0 aliphatic carbocycles. The van der Waals surface area contributed by atoms with Gasteiger partial charge in [-0.25, -0.2) is 9.59 Å². The molecule has 2 rings (SSSR count). The molecule has 1 amide bonds. The summed E-state index contributed by atoms with van der Waals surface area (Å²) in [6.45, 7) is 5.74. The summed E-state index contributed by atoms with van der Waals surface area (Å²) < 4.78 is 15.3. The molecular weight excluding hydrogens is 475 g/mol. The molecule has 0 saturated heterocycles. The molecule has 9 nitrogen and oxygen atoms in total. The summed E-state index contributed by atoms with van der Waals surface area (Å²) in [5.74, 6) is -4.72. The number of carbonyl (C=O) groups is 4. The Balaban J connectivity index is 2.28. The van der Waals surface area contributed by atoms with Gasteiger partial charge in [0.2, 0.25) is 0 Å². The van der Waals surface area contributed by atoms with Crippen molar-refractivity contribution in [2.75, 3.05) is 25.1 Å². The molecule has 0 radical (unpaired) electrons. The first-order valence-corrected chi connectivity index (χ1v) is 10.8. The number of dihydropyridines is 1. The molecule has 0 bridgehead atoms. The van der Waals surface area contributed by atoms with Crippen LogP contribution in [-0.2, 0) is 33.4 Å². The smallest absolute Gasteiger partial charge is 0.337 e. The summed E-state index contributed by atoms with van der Waals surface area (Å²) in [6.07, 6.45) is 0. The van der Waals surface area contributed by atoms with Gasteiger partial charge in [0, 0.05) is 11.4 Å². The first kappa shape index (κ1) is 26.2. The van der Waals surface area contributed by atoms with E-state index in [1.807, 2.05) is 0 Å². The molecule has 0 aromatic heterocycles. The number of amides is 1. The summed E-state index contributed by atoms with van der Waals surface area (Å²) in [7, 11) is 0. The Morgan fingerprint density at radius 3 is 2.00 bits per heavy atom. The lowest BCUT2D eigenvalue weighted by Crippen LogP contribution is -2.39. The van der Waals surface area contributed by atoms with E-state index in [2.05, 4.69) is 10.6 Å². The van der Waals surface area contributed by atoms with Gasteiger partial charge in [-0.1, -0.05) is 29.3 Å². The minimum Gasteiger partial charge on any atom is -0.463 e. The largest absolute Gasteiger partial charge is 0.463 e. The number of benzene rings is 1. The first-order valence-electron chi connectivity index (χ1n) is 10.1. The predicted molar refractivity (Wildman–Crippen MR) is 121 cm³/mol. The lowest BCUT2D eigenvalue weighted by molar-refractivity contribution is -0.153. The van der Waals surface area contributed by atoms with Gasteiger partial charge in [-0.15, -0.1) is 0 Å². The summed E-state index contributed by atoms with van der Waals surface area (Å²) >= 11 is 12.0. The second kappa shape index (κ2) is 11.7. The van der Waals surface area contributed by atoms with Crippen molar-refractivity contribution in [3.63, 3.8) is 0 Å². The van der Waals surface area contributed by atoms with Gasteiger partial charge < -0.3 is 24.8 Å². The highest BCUT2D eigenvalue weighted by atomic mass is 35.5. The number of halogens is 2. The molecule has 1 aliphatic heterocycles. The Morgan fingerprint density at radius 2 is 1.48 bits per heavy atom. The number of allylic oxidation sites excluding steroid dienone is 2.